The van der Waals surface area contributed by atoms with Crippen molar-refractivity contribution in [2.24, 2.45) is 0 Å². The number of anilines is 3. The summed E-state index contributed by atoms with van der Waals surface area (Å²) in [6.45, 7) is 0. The molecule has 0 unspecified atom stereocenters. The molecule has 3 rings (SSSR count). The third-order valence-electron chi connectivity index (χ3n) is 2.67. The Kier molecular flexibility index (Phi) is 2.65. The van der Waals surface area contributed by atoms with Gasteiger partial charge in [-0.2, -0.15) is 9.78 Å². The topological polar surface area (TPSA) is 105 Å². The maximum Gasteiger partial charge on any atom is 0.224 e. The van der Waals surface area contributed by atoms with E-state index in [2.05, 4.69) is 20.4 Å². The summed E-state index contributed by atoms with van der Waals surface area (Å²) in [5.74, 6) is 0.0612. The Morgan fingerprint density at radius 1 is 1.25 bits per heavy atom. The number of aromatic nitrogens is 4. The van der Waals surface area contributed by atoms with Crippen molar-refractivity contribution in [1.82, 2.24) is 19.6 Å². The lowest BCUT2D eigenvalue weighted by Gasteiger charge is -2.02. The average molecular weight is 269 g/mol. The van der Waals surface area contributed by atoms with Gasteiger partial charge in [-0.15, -0.1) is 5.10 Å². The predicted molar refractivity (Wildman–Crippen MR) is 69.6 cm³/mol. The molecule has 0 fully saturated rings. The maximum atomic E-state index is 12.9. The second kappa shape index (κ2) is 4.47. The predicted octanol–water partition coefficient (Wildman–Crippen LogP) is 1.46. The highest BCUT2D eigenvalue weighted by Gasteiger charge is 2.15. The molecule has 0 aliphatic heterocycles. The monoisotopic (exact) mass is 269 g/mol. The van der Waals surface area contributed by atoms with Gasteiger partial charge in [0, 0.05) is 5.69 Å². The van der Waals surface area contributed by atoms with Crippen molar-refractivity contribution in [3.8, 4) is 6.07 Å². The van der Waals surface area contributed by atoms with Gasteiger partial charge >= 0.3 is 0 Å². The molecule has 3 aromatic rings. The van der Waals surface area contributed by atoms with E-state index < -0.39 is 0 Å². The molecule has 0 aliphatic carbocycles. The zero-order valence-corrected chi connectivity index (χ0v) is 10.1. The van der Waals surface area contributed by atoms with Crippen molar-refractivity contribution in [3.05, 3.63) is 42.0 Å². The van der Waals surface area contributed by atoms with Crippen LogP contribution in [-0.4, -0.2) is 19.6 Å². The Hall–Kier alpha value is -3.21. The van der Waals surface area contributed by atoms with Crippen molar-refractivity contribution < 1.29 is 4.39 Å². The first-order valence-electron chi connectivity index (χ1n) is 5.61. The number of halogens is 1. The van der Waals surface area contributed by atoms with Crippen LogP contribution in [0, 0.1) is 17.1 Å². The van der Waals surface area contributed by atoms with E-state index in [9.17, 15) is 9.65 Å². The van der Waals surface area contributed by atoms with Gasteiger partial charge in [0.15, 0.2) is 11.5 Å². The SMILES string of the molecule is N#Cc1c(Nc2ccc(F)cc2)nn2c(N)ncnc12. The van der Waals surface area contributed by atoms with Crippen LogP contribution in [0.5, 0.6) is 0 Å². The smallest absolute Gasteiger partial charge is 0.224 e. The molecule has 1 aromatic carbocycles. The number of hydrogen-bond acceptors (Lipinski definition) is 6. The molecular formula is C12H8FN7. The molecular weight excluding hydrogens is 261 g/mol. The summed E-state index contributed by atoms with van der Waals surface area (Å²) in [6.07, 6.45) is 1.26. The fourth-order valence-electron chi connectivity index (χ4n) is 1.75. The standard InChI is InChI=1S/C12H8FN7/c13-7-1-3-8(4-2-7)18-10-9(5-14)11-16-6-17-12(15)20(11)19-10/h1-4,6H,(H,18,19)(H2,15,16,17). The first-order valence-corrected chi connectivity index (χ1v) is 5.61. The number of nitrogens with one attached hydrogen (secondary N) is 1. The van der Waals surface area contributed by atoms with Gasteiger partial charge in [0.05, 0.1) is 0 Å². The summed E-state index contributed by atoms with van der Waals surface area (Å²) in [5.41, 5.74) is 6.81. The maximum absolute atomic E-state index is 12.9. The van der Waals surface area contributed by atoms with Gasteiger partial charge < -0.3 is 11.1 Å². The van der Waals surface area contributed by atoms with Gasteiger partial charge in [0.2, 0.25) is 5.95 Å². The number of benzene rings is 1. The van der Waals surface area contributed by atoms with E-state index in [-0.39, 0.29) is 23.1 Å². The molecule has 98 valence electrons. The van der Waals surface area contributed by atoms with Crippen molar-refractivity contribution in [2.45, 2.75) is 0 Å². The molecule has 0 aliphatic rings. The highest BCUT2D eigenvalue weighted by molar-refractivity contribution is 5.72. The lowest BCUT2D eigenvalue weighted by molar-refractivity contribution is 0.628. The minimum Gasteiger partial charge on any atom is -0.368 e. The third kappa shape index (κ3) is 1.87. The van der Waals surface area contributed by atoms with Crippen molar-refractivity contribution >= 4 is 23.1 Å². The fraction of sp³-hybridized carbons (Fsp3) is 0. The third-order valence-corrected chi connectivity index (χ3v) is 2.67. The van der Waals surface area contributed by atoms with Crippen LogP contribution in [0.1, 0.15) is 5.56 Å². The normalized spacial score (nSPS) is 10.4. The molecule has 0 radical (unpaired) electrons. The van der Waals surface area contributed by atoms with Gasteiger partial charge in [-0.25, -0.2) is 14.4 Å². The van der Waals surface area contributed by atoms with E-state index in [0.29, 0.717) is 11.3 Å². The molecule has 0 atom stereocenters. The quantitative estimate of drug-likeness (QED) is 0.729. The van der Waals surface area contributed by atoms with Gasteiger partial charge in [0.25, 0.3) is 0 Å². The summed E-state index contributed by atoms with van der Waals surface area (Å²) in [7, 11) is 0. The lowest BCUT2D eigenvalue weighted by atomic mass is 10.3. The lowest BCUT2D eigenvalue weighted by Crippen LogP contribution is -2.02. The first kappa shape index (κ1) is 11.9. The number of fused-ring (bicyclic) bond motifs is 1. The van der Waals surface area contributed by atoms with E-state index in [4.69, 9.17) is 5.73 Å². The number of nitrogen functional groups attached to an aromatic ring is 1. The van der Waals surface area contributed by atoms with Crippen LogP contribution >= 0.6 is 0 Å². The highest BCUT2D eigenvalue weighted by atomic mass is 19.1. The largest absolute Gasteiger partial charge is 0.368 e. The molecule has 3 N–H and O–H groups in total. The van der Waals surface area contributed by atoms with Gasteiger partial charge in [-0.05, 0) is 24.3 Å². The first-order chi connectivity index (χ1) is 9.69. The number of rotatable bonds is 2. The number of nitrogens with two attached hydrogens (primary N) is 1. The van der Waals surface area contributed by atoms with Crippen LogP contribution < -0.4 is 11.1 Å². The molecule has 0 amide bonds. The Labute approximate surface area is 112 Å². The zero-order valence-electron chi connectivity index (χ0n) is 10.1. The van der Waals surface area contributed by atoms with Crippen molar-refractivity contribution in [3.63, 3.8) is 0 Å². The summed E-state index contributed by atoms with van der Waals surface area (Å²) in [5, 5.41) is 16.3. The van der Waals surface area contributed by atoms with E-state index in [1.165, 1.54) is 35.1 Å². The molecule has 0 saturated heterocycles. The highest BCUT2D eigenvalue weighted by Crippen LogP contribution is 2.22. The average Bonchev–Trinajstić information content (AvgIpc) is 2.80. The van der Waals surface area contributed by atoms with Gasteiger partial charge in [-0.3, -0.25) is 0 Å². The van der Waals surface area contributed by atoms with E-state index in [1.807, 2.05) is 6.07 Å². The summed E-state index contributed by atoms with van der Waals surface area (Å²) in [6, 6.07) is 7.69. The molecule has 8 heteroatoms. The number of nitrogens with zero attached hydrogens (tertiary/aromatic N) is 5. The number of nitriles is 1. The fourth-order valence-corrected chi connectivity index (χ4v) is 1.75. The summed E-state index contributed by atoms with van der Waals surface area (Å²) < 4.78 is 14.1. The van der Waals surface area contributed by atoms with Crippen LogP contribution in [0.3, 0.4) is 0 Å². The Bertz CT molecular complexity index is 816. The minimum absolute atomic E-state index is 0.124. The second-order valence-electron chi connectivity index (χ2n) is 3.93. The second-order valence-corrected chi connectivity index (χ2v) is 3.93. The van der Waals surface area contributed by atoms with Gasteiger partial charge in [-0.1, -0.05) is 0 Å². The van der Waals surface area contributed by atoms with E-state index in [1.54, 1.807) is 0 Å². The van der Waals surface area contributed by atoms with E-state index in [0.717, 1.165) is 0 Å². The van der Waals surface area contributed by atoms with Crippen molar-refractivity contribution in [2.75, 3.05) is 11.1 Å². The van der Waals surface area contributed by atoms with Crippen LogP contribution in [0.4, 0.5) is 21.8 Å². The summed E-state index contributed by atoms with van der Waals surface area (Å²) in [4.78, 5) is 7.77. The number of hydrogen-bond donors (Lipinski definition) is 2. The Balaban J connectivity index is 2.10. The van der Waals surface area contributed by atoms with E-state index >= 15 is 0 Å². The zero-order chi connectivity index (χ0) is 14.1. The minimum atomic E-state index is -0.346. The summed E-state index contributed by atoms with van der Waals surface area (Å²) >= 11 is 0. The molecule has 0 spiro atoms. The van der Waals surface area contributed by atoms with Gasteiger partial charge in [0.1, 0.15) is 23.8 Å². The van der Waals surface area contributed by atoms with Crippen LogP contribution in [0.25, 0.3) is 5.65 Å². The molecule has 2 aromatic heterocycles. The van der Waals surface area contributed by atoms with Crippen LogP contribution in [0.2, 0.25) is 0 Å². The Morgan fingerprint density at radius 3 is 2.70 bits per heavy atom. The Morgan fingerprint density at radius 2 is 2.00 bits per heavy atom. The molecule has 2 heterocycles. The molecule has 7 nitrogen and oxygen atoms in total. The molecule has 20 heavy (non-hydrogen) atoms. The van der Waals surface area contributed by atoms with Crippen LogP contribution in [-0.2, 0) is 0 Å². The van der Waals surface area contributed by atoms with Crippen LogP contribution in [0.15, 0.2) is 30.6 Å². The van der Waals surface area contributed by atoms with Crippen molar-refractivity contribution in [1.29, 1.82) is 5.26 Å². The molecule has 0 bridgehead atoms. The molecule has 0 saturated carbocycles.